The second-order valence-electron chi connectivity index (χ2n) is 10.9. The number of carbonyl (C=O) groups is 1. The zero-order valence-corrected chi connectivity index (χ0v) is 21.3. The number of amides is 1. The van der Waals surface area contributed by atoms with Gasteiger partial charge in [0, 0.05) is 44.4 Å². The molecule has 0 bridgehead atoms. The summed E-state index contributed by atoms with van der Waals surface area (Å²) >= 11 is 0. The molecule has 0 unspecified atom stereocenters. The second-order valence-corrected chi connectivity index (χ2v) is 10.9. The van der Waals surface area contributed by atoms with Crippen LogP contribution in [0.25, 0.3) is 0 Å². The Morgan fingerprint density at radius 3 is 2.53 bits per heavy atom. The lowest BCUT2D eigenvalue weighted by Crippen LogP contribution is -2.55. The van der Waals surface area contributed by atoms with Gasteiger partial charge in [0.05, 0.1) is 5.41 Å². The summed E-state index contributed by atoms with van der Waals surface area (Å²) in [6.45, 7) is 7.30. The number of aromatic nitrogens is 2. The fourth-order valence-corrected chi connectivity index (χ4v) is 5.53. The molecule has 2 aliphatic heterocycles. The van der Waals surface area contributed by atoms with Crippen molar-refractivity contribution in [3.8, 4) is 0 Å². The molecule has 0 saturated carbocycles. The molecule has 2 aromatic rings. The molecule has 6 nitrogen and oxygen atoms in total. The molecular formula is C27H38FN5O. The predicted octanol–water partition coefficient (Wildman–Crippen LogP) is 3.82. The molecular weight excluding hydrogens is 429 g/mol. The van der Waals surface area contributed by atoms with Gasteiger partial charge in [0.2, 0.25) is 5.91 Å². The average Bonchev–Trinajstić information content (AvgIpc) is 2.80. The highest BCUT2D eigenvalue weighted by Gasteiger charge is 2.46. The summed E-state index contributed by atoms with van der Waals surface area (Å²) in [7, 11) is 6.08. The minimum absolute atomic E-state index is 0.205. The quantitative estimate of drug-likeness (QED) is 0.669. The van der Waals surface area contributed by atoms with Crippen molar-refractivity contribution >= 4 is 11.7 Å². The number of hydrogen-bond acceptors (Lipinski definition) is 5. The molecule has 3 heterocycles. The maximum absolute atomic E-state index is 14.2. The number of carbonyl (C=O) groups excluding carboxylic acids is 1. The van der Waals surface area contributed by atoms with Gasteiger partial charge in [0.25, 0.3) is 0 Å². The van der Waals surface area contributed by atoms with E-state index in [-0.39, 0.29) is 17.1 Å². The van der Waals surface area contributed by atoms with E-state index in [0.717, 1.165) is 68.2 Å². The third-order valence-corrected chi connectivity index (χ3v) is 7.65. The SMILES string of the molecule is Cc1cc(N(C)C)nc([C@@]2(C)CCCN(C(=O)C3(Cc4cccc(F)c4)CCN(C)CC3)C2)n1. The summed E-state index contributed by atoms with van der Waals surface area (Å²) in [5.41, 5.74) is 1.04. The molecule has 2 fully saturated rings. The van der Waals surface area contributed by atoms with Gasteiger partial charge in [-0.2, -0.15) is 0 Å². The normalized spacial score (nSPS) is 23.1. The second kappa shape index (κ2) is 9.61. The Labute approximate surface area is 203 Å². The number of likely N-dealkylation sites (tertiary alicyclic amines) is 2. The van der Waals surface area contributed by atoms with Crippen LogP contribution in [0.4, 0.5) is 10.2 Å². The molecule has 2 saturated heterocycles. The van der Waals surface area contributed by atoms with Crippen LogP contribution in [0.1, 0.15) is 49.7 Å². The van der Waals surface area contributed by atoms with Crippen LogP contribution in [0.15, 0.2) is 30.3 Å². The summed E-state index contributed by atoms with van der Waals surface area (Å²) in [6, 6.07) is 8.72. The molecule has 0 spiro atoms. The highest BCUT2D eigenvalue weighted by Crippen LogP contribution is 2.40. The van der Waals surface area contributed by atoms with E-state index in [2.05, 4.69) is 23.8 Å². The van der Waals surface area contributed by atoms with E-state index in [9.17, 15) is 9.18 Å². The lowest BCUT2D eigenvalue weighted by atomic mass is 9.71. The average molecular weight is 468 g/mol. The van der Waals surface area contributed by atoms with E-state index in [1.165, 1.54) is 6.07 Å². The largest absolute Gasteiger partial charge is 0.363 e. The van der Waals surface area contributed by atoms with E-state index >= 15 is 0 Å². The van der Waals surface area contributed by atoms with Crippen LogP contribution in [0.2, 0.25) is 0 Å². The molecule has 4 rings (SSSR count). The number of halogens is 1. The van der Waals surface area contributed by atoms with Crippen molar-refractivity contribution in [2.24, 2.45) is 5.41 Å². The van der Waals surface area contributed by atoms with Gasteiger partial charge in [0.15, 0.2) is 0 Å². The summed E-state index contributed by atoms with van der Waals surface area (Å²) in [6.07, 6.45) is 4.03. The number of aryl methyl sites for hydroxylation is 1. The molecule has 0 radical (unpaired) electrons. The van der Waals surface area contributed by atoms with Crippen molar-refractivity contribution in [3.63, 3.8) is 0 Å². The van der Waals surface area contributed by atoms with Crippen LogP contribution >= 0.6 is 0 Å². The van der Waals surface area contributed by atoms with Crippen LogP contribution in [0.3, 0.4) is 0 Å². The van der Waals surface area contributed by atoms with E-state index < -0.39 is 5.41 Å². The molecule has 2 aliphatic rings. The monoisotopic (exact) mass is 467 g/mol. The molecule has 184 valence electrons. The zero-order chi connectivity index (χ0) is 24.5. The van der Waals surface area contributed by atoms with Gasteiger partial charge < -0.3 is 14.7 Å². The van der Waals surface area contributed by atoms with Crippen molar-refractivity contribution < 1.29 is 9.18 Å². The molecule has 0 N–H and O–H groups in total. The minimum atomic E-state index is -0.499. The third-order valence-electron chi connectivity index (χ3n) is 7.65. The maximum Gasteiger partial charge on any atom is 0.229 e. The standard InChI is InChI=1S/C27H38FN5O/c1-20-16-23(31(3)4)30-24(29-20)26(2)10-7-13-33(19-26)25(34)27(11-14-32(5)15-12-27)18-21-8-6-9-22(28)17-21/h6,8-9,16-17H,7,10-15,18-19H2,1-5H3/t26-/m0/s1. The van der Waals surface area contributed by atoms with Gasteiger partial charge in [-0.25, -0.2) is 14.4 Å². The molecule has 34 heavy (non-hydrogen) atoms. The third kappa shape index (κ3) is 5.09. The lowest BCUT2D eigenvalue weighted by molar-refractivity contribution is -0.147. The number of rotatable bonds is 5. The molecule has 7 heteroatoms. The Kier molecular flexibility index (Phi) is 6.94. The van der Waals surface area contributed by atoms with E-state index in [0.29, 0.717) is 13.0 Å². The zero-order valence-electron chi connectivity index (χ0n) is 21.3. The number of nitrogens with zero attached hydrogens (tertiary/aromatic N) is 5. The first kappa shape index (κ1) is 24.6. The molecule has 1 aromatic heterocycles. The summed E-state index contributed by atoms with van der Waals surface area (Å²) in [5.74, 6) is 1.67. The smallest absolute Gasteiger partial charge is 0.229 e. The van der Waals surface area contributed by atoms with Crippen LogP contribution in [-0.2, 0) is 16.6 Å². The number of anilines is 1. The molecule has 0 aliphatic carbocycles. The van der Waals surface area contributed by atoms with Crippen molar-refractivity contribution in [1.29, 1.82) is 0 Å². The van der Waals surface area contributed by atoms with Crippen LogP contribution < -0.4 is 4.90 Å². The van der Waals surface area contributed by atoms with Gasteiger partial charge in [-0.1, -0.05) is 19.1 Å². The Balaban J connectivity index is 1.62. The number of hydrogen-bond donors (Lipinski definition) is 0. The van der Waals surface area contributed by atoms with E-state index in [1.54, 1.807) is 12.1 Å². The first-order chi connectivity index (χ1) is 16.1. The highest BCUT2D eigenvalue weighted by atomic mass is 19.1. The fraction of sp³-hybridized carbons (Fsp3) is 0.593. The highest BCUT2D eigenvalue weighted by molar-refractivity contribution is 5.83. The summed E-state index contributed by atoms with van der Waals surface area (Å²) in [4.78, 5) is 30.2. The van der Waals surface area contributed by atoms with Crippen LogP contribution in [0.5, 0.6) is 0 Å². The van der Waals surface area contributed by atoms with E-state index in [4.69, 9.17) is 9.97 Å². The Bertz CT molecular complexity index is 1030. The van der Waals surface area contributed by atoms with Crippen LogP contribution in [0, 0.1) is 18.2 Å². The van der Waals surface area contributed by atoms with Crippen molar-refractivity contribution in [1.82, 2.24) is 19.8 Å². The van der Waals surface area contributed by atoms with Gasteiger partial charge in [-0.15, -0.1) is 0 Å². The molecule has 1 aromatic carbocycles. The van der Waals surface area contributed by atoms with Crippen LogP contribution in [-0.4, -0.2) is 73.0 Å². The molecule has 1 amide bonds. The van der Waals surface area contributed by atoms with Crippen molar-refractivity contribution in [2.75, 3.05) is 52.2 Å². The molecule has 1 atom stereocenters. The van der Waals surface area contributed by atoms with Gasteiger partial charge in [0.1, 0.15) is 17.5 Å². The van der Waals surface area contributed by atoms with Gasteiger partial charge in [-0.05, 0) is 76.9 Å². The first-order valence-electron chi connectivity index (χ1n) is 12.4. The predicted molar refractivity (Wildman–Crippen MR) is 134 cm³/mol. The summed E-state index contributed by atoms with van der Waals surface area (Å²) < 4.78 is 14.0. The Morgan fingerprint density at radius 2 is 1.85 bits per heavy atom. The van der Waals surface area contributed by atoms with E-state index in [1.807, 2.05) is 38.1 Å². The summed E-state index contributed by atoms with van der Waals surface area (Å²) in [5, 5.41) is 0. The Hall–Kier alpha value is -2.54. The lowest BCUT2D eigenvalue weighted by Gasteiger charge is -2.46. The first-order valence-corrected chi connectivity index (χ1v) is 12.4. The maximum atomic E-state index is 14.2. The Morgan fingerprint density at radius 1 is 1.12 bits per heavy atom. The van der Waals surface area contributed by atoms with Gasteiger partial charge in [-0.3, -0.25) is 4.79 Å². The van der Waals surface area contributed by atoms with Gasteiger partial charge >= 0.3 is 0 Å². The van der Waals surface area contributed by atoms with Crippen molar-refractivity contribution in [2.45, 2.75) is 51.4 Å². The minimum Gasteiger partial charge on any atom is -0.363 e. The number of piperidine rings is 2. The number of benzene rings is 1. The fourth-order valence-electron chi connectivity index (χ4n) is 5.53. The van der Waals surface area contributed by atoms with Crippen molar-refractivity contribution in [3.05, 3.63) is 53.2 Å². The topological polar surface area (TPSA) is 52.6 Å².